The number of ether oxygens (including phenoxy) is 1. The van der Waals surface area contributed by atoms with E-state index in [0.717, 1.165) is 57.7 Å². The lowest BCUT2D eigenvalue weighted by molar-refractivity contribution is -0.134. The summed E-state index contributed by atoms with van der Waals surface area (Å²) in [6.07, 6.45) is 10.2. The van der Waals surface area contributed by atoms with Crippen LogP contribution in [0.25, 0.3) is 22.3 Å². The maximum absolute atomic E-state index is 13.7. The van der Waals surface area contributed by atoms with Crippen LogP contribution in [0.4, 0.5) is 9.59 Å². The molecular weight excluding hydrogens is 695 g/mol. The highest BCUT2D eigenvalue weighted by atomic mass is 16.5. The summed E-state index contributed by atoms with van der Waals surface area (Å²) in [4.78, 5) is 66.2. The van der Waals surface area contributed by atoms with Crippen molar-refractivity contribution >= 4 is 46.5 Å². The van der Waals surface area contributed by atoms with E-state index in [0.29, 0.717) is 25.9 Å². The van der Waals surface area contributed by atoms with Crippen LogP contribution < -0.4 is 10.6 Å². The predicted octanol–water partition coefficient (Wildman–Crippen LogP) is 6.16. The van der Waals surface area contributed by atoms with Crippen molar-refractivity contribution in [1.82, 2.24) is 25.3 Å². The van der Waals surface area contributed by atoms with Gasteiger partial charge in [-0.15, -0.1) is 0 Å². The number of nitrogens with zero attached hydrogens (tertiary/aromatic N) is 5. The van der Waals surface area contributed by atoms with Crippen LogP contribution >= 0.6 is 0 Å². The van der Waals surface area contributed by atoms with Gasteiger partial charge in [0.25, 0.3) is 0 Å². The Kier molecular flexibility index (Phi) is 12.0. The van der Waals surface area contributed by atoms with Crippen LogP contribution in [-0.4, -0.2) is 109 Å². The minimum atomic E-state index is -0.694. The number of carbonyl (C=O) groups excluding carboxylic acids is 4. The number of benzene rings is 2. The van der Waals surface area contributed by atoms with Crippen LogP contribution in [0.5, 0.6) is 0 Å². The normalized spacial score (nSPS) is 20.2. The predicted molar refractivity (Wildman–Crippen MR) is 216 cm³/mol. The van der Waals surface area contributed by atoms with Gasteiger partial charge < -0.3 is 30.1 Å². The van der Waals surface area contributed by atoms with Crippen LogP contribution in [0.3, 0.4) is 0 Å². The third-order valence-electron chi connectivity index (χ3n) is 10.9. The minimum Gasteiger partial charge on any atom is -0.453 e. The average Bonchev–Trinajstić information content (AvgIpc) is 4.02. The lowest BCUT2D eigenvalue weighted by atomic mass is 9.94. The SMILES string of the molecule is COC(=O)N[C@H](C(=O)N1CC=C[C@H]1C1=NC=C(c2ccc(-c3ccc(C4=CN=C([C@@H]5CCCN5C(=O)[C@@H](NC(=O)N(C)C)C(C)C)C4)cc3)cc2)C1)C(C)C. The third kappa shape index (κ3) is 8.58. The number of nitrogens with one attached hydrogen (secondary N) is 2. The van der Waals surface area contributed by atoms with Crippen molar-refractivity contribution in [3.8, 4) is 11.1 Å². The zero-order valence-electron chi connectivity index (χ0n) is 32.9. The Morgan fingerprint density at radius 2 is 1.25 bits per heavy atom. The first-order chi connectivity index (χ1) is 26.4. The largest absolute Gasteiger partial charge is 0.453 e. The Bertz CT molecular complexity index is 1940. The molecule has 0 radical (unpaired) electrons. The second-order valence-electron chi connectivity index (χ2n) is 15.5. The fourth-order valence-electron chi connectivity index (χ4n) is 7.63. The summed E-state index contributed by atoms with van der Waals surface area (Å²) in [6.45, 7) is 8.83. The molecule has 4 aliphatic heterocycles. The van der Waals surface area contributed by atoms with E-state index in [1.165, 1.54) is 12.0 Å². The standard InChI is InChI=1S/C43H53N7O5/c1-26(2)38(46-42(53)48(5)6)40(51)49-20-8-10-36(49)34-22-32(24-44-34)30-16-12-28(13-17-30)29-14-18-31(19-15-29)33-23-35(45-25-33)37-11-9-21-50(37)41(52)39(27(3)4)47-43(54)55-7/h9,11-19,24-27,36-39H,8,10,20-23H2,1-7H3,(H,46,53)(H,47,54)/t36-,37-,38-,39-/m0/s1. The molecule has 2 aromatic rings. The number of allylic oxidation sites excluding steroid dienone is 2. The lowest BCUT2D eigenvalue weighted by Gasteiger charge is -2.32. The molecule has 0 aliphatic carbocycles. The van der Waals surface area contributed by atoms with Crippen LogP contribution in [0.2, 0.25) is 0 Å². The second kappa shape index (κ2) is 16.9. The Hall–Kier alpha value is -5.52. The highest BCUT2D eigenvalue weighted by molar-refractivity contribution is 6.05. The first-order valence-electron chi connectivity index (χ1n) is 19.2. The molecule has 0 unspecified atom stereocenters. The molecule has 2 aromatic carbocycles. The quantitative estimate of drug-likeness (QED) is 0.266. The van der Waals surface area contributed by atoms with Gasteiger partial charge in [0.15, 0.2) is 0 Å². The lowest BCUT2D eigenvalue weighted by Crippen LogP contribution is -2.55. The van der Waals surface area contributed by atoms with Gasteiger partial charge in [-0.3, -0.25) is 19.6 Å². The molecule has 0 bridgehead atoms. The molecule has 12 nitrogen and oxygen atoms in total. The number of hydrogen-bond donors (Lipinski definition) is 2. The fourth-order valence-corrected chi connectivity index (χ4v) is 7.63. The zero-order valence-corrected chi connectivity index (χ0v) is 32.9. The molecule has 0 saturated carbocycles. The highest BCUT2D eigenvalue weighted by Gasteiger charge is 2.39. The van der Waals surface area contributed by atoms with E-state index >= 15 is 0 Å². The van der Waals surface area contributed by atoms with Crippen LogP contribution in [0.1, 0.15) is 64.5 Å². The highest BCUT2D eigenvalue weighted by Crippen LogP contribution is 2.33. The topological polar surface area (TPSA) is 136 Å². The van der Waals surface area contributed by atoms with E-state index in [2.05, 4.69) is 59.2 Å². The number of likely N-dealkylation sites (tertiary alicyclic amines) is 1. The van der Waals surface area contributed by atoms with E-state index in [-0.39, 0.29) is 41.8 Å². The van der Waals surface area contributed by atoms with Crippen molar-refractivity contribution in [2.24, 2.45) is 21.8 Å². The average molecular weight is 748 g/mol. The first-order valence-corrected chi connectivity index (χ1v) is 19.2. The number of hydrogen-bond acceptors (Lipinski definition) is 7. The van der Waals surface area contributed by atoms with Gasteiger partial charge in [-0.25, -0.2) is 9.59 Å². The molecule has 1 saturated heterocycles. The molecule has 5 amide bonds. The summed E-state index contributed by atoms with van der Waals surface area (Å²) in [5, 5.41) is 5.60. The molecule has 0 spiro atoms. The van der Waals surface area contributed by atoms with E-state index in [1.54, 1.807) is 19.0 Å². The van der Waals surface area contributed by atoms with Crippen LogP contribution in [0, 0.1) is 11.8 Å². The number of amides is 5. The van der Waals surface area contributed by atoms with Crippen molar-refractivity contribution in [2.45, 2.75) is 77.5 Å². The molecule has 4 aliphatic rings. The summed E-state index contributed by atoms with van der Waals surface area (Å²) in [5.74, 6) is -0.355. The number of alkyl carbamates (subject to hydrolysis) is 1. The van der Waals surface area contributed by atoms with Gasteiger partial charge in [0, 0.05) is 63.8 Å². The Balaban J connectivity index is 1.04. The summed E-state index contributed by atoms with van der Waals surface area (Å²) >= 11 is 0. The molecule has 12 heteroatoms. The number of carbonyl (C=O) groups is 4. The molecule has 4 heterocycles. The zero-order chi connectivity index (χ0) is 39.4. The van der Waals surface area contributed by atoms with Gasteiger partial charge in [0.05, 0.1) is 19.2 Å². The summed E-state index contributed by atoms with van der Waals surface area (Å²) < 4.78 is 4.75. The van der Waals surface area contributed by atoms with Crippen LogP contribution in [-0.2, 0) is 14.3 Å². The Labute approximate surface area is 324 Å². The van der Waals surface area contributed by atoms with E-state index in [4.69, 9.17) is 14.7 Å². The number of aliphatic imine (C=N–C) groups is 2. The third-order valence-corrected chi connectivity index (χ3v) is 10.9. The Morgan fingerprint density at radius 3 is 1.80 bits per heavy atom. The molecule has 55 heavy (non-hydrogen) atoms. The van der Waals surface area contributed by atoms with Crippen molar-refractivity contribution in [1.29, 1.82) is 0 Å². The molecule has 4 atom stereocenters. The molecule has 2 N–H and O–H groups in total. The monoisotopic (exact) mass is 747 g/mol. The van der Waals surface area contributed by atoms with Crippen molar-refractivity contribution in [2.75, 3.05) is 34.3 Å². The summed E-state index contributed by atoms with van der Waals surface area (Å²) in [5.41, 5.74) is 8.47. The molecule has 290 valence electrons. The number of urea groups is 1. The van der Waals surface area contributed by atoms with E-state index in [1.807, 2.05) is 57.1 Å². The van der Waals surface area contributed by atoms with Gasteiger partial charge in [0.1, 0.15) is 12.1 Å². The molecule has 0 aromatic heterocycles. The van der Waals surface area contributed by atoms with E-state index in [9.17, 15) is 19.2 Å². The molecular formula is C43H53N7O5. The smallest absolute Gasteiger partial charge is 0.407 e. The van der Waals surface area contributed by atoms with Crippen molar-refractivity contribution < 1.29 is 23.9 Å². The van der Waals surface area contributed by atoms with Crippen molar-refractivity contribution in [3.63, 3.8) is 0 Å². The van der Waals surface area contributed by atoms with Gasteiger partial charge in [-0.2, -0.15) is 0 Å². The van der Waals surface area contributed by atoms with Gasteiger partial charge in [-0.1, -0.05) is 88.4 Å². The fraction of sp³-hybridized carbons (Fsp3) is 0.442. The van der Waals surface area contributed by atoms with Gasteiger partial charge >= 0.3 is 12.1 Å². The minimum absolute atomic E-state index is 0.0413. The summed E-state index contributed by atoms with van der Waals surface area (Å²) in [7, 11) is 4.64. The molecule has 1 fully saturated rings. The Morgan fingerprint density at radius 1 is 0.745 bits per heavy atom. The van der Waals surface area contributed by atoms with Crippen LogP contribution in [0.15, 0.2) is 83.1 Å². The van der Waals surface area contributed by atoms with E-state index < -0.39 is 18.2 Å². The van der Waals surface area contributed by atoms with Gasteiger partial charge in [0.2, 0.25) is 11.8 Å². The molecule has 6 rings (SSSR count). The number of methoxy groups -OCH3 is 1. The van der Waals surface area contributed by atoms with Gasteiger partial charge in [-0.05, 0) is 58.1 Å². The summed E-state index contributed by atoms with van der Waals surface area (Å²) in [6, 6.07) is 15.1. The number of rotatable bonds is 11. The van der Waals surface area contributed by atoms with Crippen molar-refractivity contribution in [3.05, 3.63) is 84.2 Å². The second-order valence-corrected chi connectivity index (χ2v) is 15.5. The first kappa shape index (κ1) is 39.2. The maximum Gasteiger partial charge on any atom is 0.407 e. The maximum atomic E-state index is 13.7.